The third kappa shape index (κ3) is 3.08. The standard InChI is InChI=1S/C19H20N2O2/c22-19(17-12-16-10-11-18(17)23-16)21-15-8-6-14(7-9-15)20-13-4-2-1-3-5-13/h1-9,16-18,20H,10-12H2,(H,21,22). The molecule has 0 saturated carbocycles. The first-order chi connectivity index (χ1) is 11.3. The molecule has 0 aromatic heterocycles. The average Bonchev–Trinajstić information content (AvgIpc) is 3.21. The molecule has 4 heteroatoms. The van der Waals surface area contributed by atoms with Gasteiger partial charge in [-0.15, -0.1) is 0 Å². The summed E-state index contributed by atoms with van der Waals surface area (Å²) < 4.78 is 5.76. The molecule has 118 valence electrons. The van der Waals surface area contributed by atoms with E-state index in [9.17, 15) is 4.79 Å². The zero-order valence-electron chi connectivity index (χ0n) is 12.9. The largest absolute Gasteiger partial charge is 0.374 e. The Kier molecular flexibility index (Phi) is 3.75. The number of carbonyl (C=O) groups is 1. The number of ether oxygens (including phenoxy) is 1. The van der Waals surface area contributed by atoms with Gasteiger partial charge in [0.25, 0.3) is 0 Å². The fraction of sp³-hybridized carbons (Fsp3) is 0.316. The van der Waals surface area contributed by atoms with E-state index in [0.29, 0.717) is 6.10 Å². The van der Waals surface area contributed by atoms with Crippen LogP contribution in [0.2, 0.25) is 0 Å². The van der Waals surface area contributed by atoms with Crippen LogP contribution in [-0.4, -0.2) is 18.1 Å². The van der Waals surface area contributed by atoms with Crippen molar-refractivity contribution < 1.29 is 9.53 Å². The topological polar surface area (TPSA) is 50.4 Å². The molecule has 2 bridgehead atoms. The fourth-order valence-electron chi connectivity index (χ4n) is 3.47. The van der Waals surface area contributed by atoms with Crippen LogP contribution in [0.3, 0.4) is 0 Å². The van der Waals surface area contributed by atoms with E-state index in [1.54, 1.807) is 0 Å². The van der Waals surface area contributed by atoms with E-state index in [1.165, 1.54) is 0 Å². The van der Waals surface area contributed by atoms with Crippen LogP contribution in [0.15, 0.2) is 54.6 Å². The molecule has 4 rings (SSSR count). The molecule has 2 saturated heterocycles. The molecule has 0 spiro atoms. The number of benzene rings is 2. The molecule has 1 amide bonds. The first-order valence-electron chi connectivity index (χ1n) is 8.16. The summed E-state index contributed by atoms with van der Waals surface area (Å²) in [5, 5.41) is 6.34. The van der Waals surface area contributed by atoms with Gasteiger partial charge in [0.1, 0.15) is 0 Å². The van der Waals surface area contributed by atoms with Crippen molar-refractivity contribution in [2.75, 3.05) is 10.6 Å². The minimum absolute atomic E-state index is 0.0101. The van der Waals surface area contributed by atoms with Crippen molar-refractivity contribution >= 4 is 23.0 Å². The number of fused-ring (bicyclic) bond motifs is 2. The Labute approximate surface area is 135 Å². The van der Waals surface area contributed by atoms with Crippen molar-refractivity contribution in [3.8, 4) is 0 Å². The molecule has 2 fully saturated rings. The third-order valence-electron chi connectivity index (χ3n) is 4.66. The summed E-state index contributed by atoms with van der Waals surface area (Å²) >= 11 is 0. The van der Waals surface area contributed by atoms with Crippen molar-refractivity contribution in [3.63, 3.8) is 0 Å². The first kappa shape index (κ1) is 14.3. The number of anilines is 3. The van der Waals surface area contributed by atoms with Crippen molar-refractivity contribution in [1.82, 2.24) is 0 Å². The lowest BCUT2D eigenvalue weighted by atomic mass is 9.88. The molecule has 2 aromatic carbocycles. The Bertz CT molecular complexity index is 684. The van der Waals surface area contributed by atoms with E-state index < -0.39 is 0 Å². The number of amides is 1. The highest BCUT2D eigenvalue weighted by molar-refractivity contribution is 5.93. The highest BCUT2D eigenvalue weighted by Crippen LogP contribution is 2.39. The van der Waals surface area contributed by atoms with Gasteiger partial charge in [0.2, 0.25) is 5.91 Å². The van der Waals surface area contributed by atoms with Gasteiger partial charge in [0.15, 0.2) is 0 Å². The molecule has 3 atom stereocenters. The van der Waals surface area contributed by atoms with Crippen LogP contribution in [0, 0.1) is 5.92 Å². The molecule has 2 N–H and O–H groups in total. The summed E-state index contributed by atoms with van der Waals surface area (Å²) in [6, 6.07) is 17.8. The van der Waals surface area contributed by atoms with Gasteiger partial charge in [0.05, 0.1) is 18.1 Å². The third-order valence-corrected chi connectivity index (χ3v) is 4.66. The normalized spacial score (nSPS) is 25.3. The van der Waals surface area contributed by atoms with Gasteiger partial charge >= 0.3 is 0 Å². The summed E-state index contributed by atoms with van der Waals surface area (Å²) in [7, 11) is 0. The lowest BCUT2D eigenvalue weighted by Crippen LogP contribution is -2.30. The highest BCUT2D eigenvalue weighted by atomic mass is 16.5. The number of hydrogen-bond donors (Lipinski definition) is 2. The van der Waals surface area contributed by atoms with Crippen LogP contribution in [0.4, 0.5) is 17.1 Å². The lowest BCUT2D eigenvalue weighted by molar-refractivity contribution is -0.121. The second kappa shape index (κ2) is 6.05. The molecule has 3 unspecified atom stereocenters. The molecule has 4 nitrogen and oxygen atoms in total. The number of rotatable bonds is 4. The van der Waals surface area contributed by atoms with Gasteiger partial charge < -0.3 is 15.4 Å². The predicted molar refractivity (Wildman–Crippen MR) is 90.8 cm³/mol. The van der Waals surface area contributed by atoms with Gasteiger partial charge in [-0.25, -0.2) is 0 Å². The molecule has 2 aliphatic heterocycles. The molecule has 0 aliphatic carbocycles. The second-order valence-electron chi connectivity index (χ2n) is 6.27. The molecular formula is C19H20N2O2. The maximum absolute atomic E-state index is 12.4. The molecule has 2 heterocycles. The van der Waals surface area contributed by atoms with E-state index in [-0.39, 0.29) is 17.9 Å². The SMILES string of the molecule is O=C(Nc1ccc(Nc2ccccc2)cc1)C1CC2CCC1O2. The summed E-state index contributed by atoms with van der Waals surface area (Å²) in [6.07, 6.45) is 3.41. The summed E-state index contributed by atoms with van der Waals surface area (Å²) in [4.78, 5) is 12.4. The molecule has 2 aliphatic rings. The van der Waals surface area contributed by atoms with Crippen molar-refractivity contribution in [1.29, 1.82) is 0 Å². The Hall–Kier alpha value is -2.33. The fourth-order valence-corrected chi connectivity index (χ4v) is 3.47. The highest BCUT2D eigenvalue weighted by Gasteiger charge is 2.44. The Morgan fingerprint density at radius 1 is 0.913 bits per heavy atom. The maximum atomic E-state index is 12.4. The first-order valence-corrected chi connectivity index (χ1v) is 8.16. The molecule has 0 radical (unpaired) electrons. The Morgan fingerprint density at radius 3 is 2.26 bits per heavy atom. The minimum Gasteiger partial charge on any atom is -0.374 e. The van der Waals surface area contributed by atoms with Crippen LogP contribution < -0.4 is 10.6 Å². The van der Waals surface area contributed by atoms with E-state index in [1.807, 2.05) is 54.6 Å². The van der Waals surface area contributed by atoms with Crippen molar-refractivity contribution in [2.45, 2.75) is 31.5 Å². The Balaban J connectivity index is 1.37. The number of nitrogens with one attached hydrogen (secondary N) is 2. The van der Waals surface area contributed by atoms with Gasteiger partial charge in [0, 0.05) is 17.1 Å². The van der Waals surface area contributed by atoms with Gasteiger partial charge in [-0.1, -0.05) is 18.2 Å². The maximum Gasteiger partial charge on any atom is 0.230 e. The molecule has 23 heavy (non-hydrogen) atoms. The van der Waals surface area contributed by atoms with Gasteiger partial charge in [-0.05, 0) is 55.7 Å². The van der Waals surface area contributed by atoms with E-state index in [2.05, 4.69) is 10.6 Å². The number of para-hydroxylation sites is 1. The predicted octanol–water partition coefficient (Wildman–Crippen LogP) is 3.94. The van der Waals surface area contributed by atoms with Crippen LogP contribution >= 0.6 is 0 Å². The van der Waals surface area contributed by atoms with E-state index in [4.69, 9.17) is 4.74 Å². The summed E-state index contributed by atoms with van der Waals surface area (Å²) in [5.74, 6) is 0.0943. The van der Waals surface area contributed by atoms with Crippen LogP contribution in [-0.2, 0) is 9.53 Å². The quantitative estimate of drug-likeness (QED) is 0.899. The Morgan fingerprint density at radius 2 is 1.61 bits per heavy atom. The van der Waals surface area contributed by atoms with Crippen molar-refractivity contribution in [2.24, 2.45) is 5.92 Å². The van der Waals surface area contributed by atoms with Crippen molar-refractivity contribution in [3.05, 3.63) is 54.6 Å². The second-order valence-corrected chi connectivity index (χ2v) is 6.27. The minimum atomic E-state index is 0.0101. The molecular weight excluding hydrogens is 288 g/mol. The smallest absolute Gasteiger partial charge is 0.230 e. The monoisotopic (exact) mass is 308 g/mol. The zero-order chi connectivity index (χ0) is 15.6. The van der Waals surface area contributed by atoms with Gasteiger partial charge in [-0.3, -0.25) is 4.79 Å². The number of hydrogen-bond acceptors (Lipinski definition) is 3. The number of carbonyl (C=O) groups excluding carboxylic acids is 1. The molecule has 2 aromatic rings. The zero-order valence-corrected chi connectivity index (χ0v) is 12.9. The van der Waals surface area contributed by atoms with E-state index >= 15 is 0 Å². The van der Waals surface area contributed by atoms with Crippen LogP contribution in [0.25, 0.3) is 0 Å². The lowest BCUT2D eigenvalue weighted by Gasteiger charge is -2.18. The van der Waals surface area contributed by atoms with Gasteiger partial charge in [-0.2, -0.15) is 0 Å². The van der Waals surface area contributed by atoms with Crippen LogP contribution in [0.1, 0.15) is 19.3 Å². The summed E-state index contributed by atoms with van der Waals surface area (Å²) in [5.41, 5.74) is 2.87. The average molecular weight is 308 g/mol. The summed E-state index contributed by atoms with van der Waals surface area (Å²) in [6.45, 7) is 0. The van der Waals surface area contributed by atoms with E-state index in [0.717, 1.165) is 36.3 Å². The van der Waals surface area contributed by atoms with Crippen LogP contribution in [0.5, 0.6) is 0 Å².